The number of aromatic nitrogens is 1. The summed E-state index contributed by atoms with van der Waals surface area (Å²) in [6, 6.07) is 9.26. The lowest BCUT2D eigenvalue weighted by Gasteiger charge is -2.40. The molecule has 1 aromatic carbocycles. The summed E-state index contributed by atoms with van der Waals surface area (Å²) < 4.78 is 14.2. The number of piperazine rings is 1. The summed E-state index contributed by atoms with van der Waals surface area (Å²) in [5, 5.41) is 0. The minimum absolute atomic E-state index is 0.185. The molecule has 116 valence electrons. The smallest absolute Gasteiger partial charge is 0.123 e. The predicted octanol–water partition coefficient (Wildman–Crippen LogP) is 3.47. The first-order chi connectivity index (χ1) is 10.6. The first-order valence-electron chi connectivity index (χ1n) is 7.39. The third kappa shape index (κ3) is 3.72. The van der Waals surface area contributed by atoms with Gasteiger partial charge in [-0.3, -0.25) is 9.88 Å². The predicted molar refractivity (Wildman–Crippen MR) is 89.0 cm³/mol. The molecule has 22 heavy (non-hydrogen) atoms. The van der Waals surface area contributed by atoms with Crippen LogP contribution in [0.5, 0.6) is 0 Å². The number of rotatable bonds is 3. The Morgan fingerprint density at radius 2 is 2.00 bits per heavy atom. The average molecular weight is 364 g/mol. The van der Waals surface area contributed by atoms with E-state index in [0.717, 1.165) is 36.2 Å². The molecule has 0 spiro atoms. The Balaban J connectivity index is 1.82. The van der Waals surface area contributed by atoms with Crippen LogP contribution in [0.3, 0.4) is 0 Å². The number of nitrogens with zero attached hydrogens (tertiary/aromatic N) is 3. The summed E-state index contributed by atoms with van der Waals surface area (Å²) in [6.45, 7) is 3.83. The van der Waals surface area contributed by atoms with Crippen molar-refractivity contribution < 1.29 is 4.39 Å². The molecule has 1 aliphatic rings. The molecular formula is C17H19BrFN3. The summed E-state index contributed by atoms with van der Waals surface area (Å²) >= 11 is 3.47. The van der Waals surface area contributed by atoms with Crippen LogP contribution in [-0.2, 0) is 6.54 Å². The monoisotopic (exact) mass is 363 g/mol. The van der Waals surface area contributed by atoms with Crippen LogP contribution < -0.4 is 0 Å². The van der Waals surface area contributed by atoms with E-state index in [1.165, 1.54) is 5.56 Å². The highest BCUT2D eigenvalue weighted by atomic mass is 79.9. The molecule has 0 N–H and O–H groups in total. The second-order valence-corrected chi connectivity index (χ2v) is 6.73. The molecule has 0 amide bonds. The van der Waals surface area contributed by atoms with Gasteiger partial charge in [-0.25, -0.2) is 4.39 Å². The van der Waals surface area contributed by atoms with Gasteiger partial charge in [0.1, 0.15) is 5.82 Å². The lowest BCUT2D eigenvalue weighted by Crippen LogP contribution is -2.46. The van der Waals surface area contributed by atoms with E-state index in [1.807, 2.05) is 18.3 Å². The zero-order chi connectivity index (χ0) is 15.5. The quantitative estimate of drug-likeness (QED) is 0.832. The second kappa shape index (κ2) is 6.86. The van der Waals surface area contributed by atoms with Gasteiger partial charge in [-0.2, -0.15) is 0 Å². The van der Waals surface area contributed by atoms with Crippen molar-refractivity contribution >= 4 is 15.9 Å². The molecule has 3 nitrogen and oxygen atoms in total. The Morgan fingerprint density at radius 1 is 1.23 bits per heavy atom. The third-order valence-electron chi connectivity index (χ3n) is 4.10. The Morgan fingerprint density at radius 3 is 2.73 bits per heavy atom. The fourth-order valence-electron chi connectivity index (χ4n) is 2.92. The normalized spacial score (nSPS) is 20.2. The maximum Gasteiger partial charge on any atom is 0.123 e. The van der Waals surface area contributed by atoms with Gasteiger partial charge in [0.2, 0.25) is 0 Å². The van der Waals surface area contributed by atoms with Crippen molar-refractivity contribution in [3.05, 3.63) is 64.1 Å². The largest absolute Gasteiger partial charge is 0.303 e. The van der Waals surface area contributed by atoms with Crippen molar-refractivity contribution in [2.45, 2.75) is 12.6 Å². The highest BCUT2D eigenvalue weighted by Gasteiger charge is 2.26. The van der Waals surface area contributed by atoms with E-state index in [-0.39, 0.29) is 11.9 Å². The lowest BCUT2D eigenvalue weighted by molar-refractivity contribution is 0.0832. The van der Waals surface area contributed by atoms with Crippen LogP contribution in [0.1, 0.15) is 17.2 Å². The highest BCUT2D eigenvalue weighted by molar-refractivity contribution is 9.10. The van der Waals surface area contributed by atoms with Gasteiger partial charge in [0, 0.05) is 49.1 Å². The van der Waals surface area contributed by atoms with Crippen LogP contribution in [-0.4, -0.2) is 41.5 Å². The zero-order valence-electron chi connectivity index (χ0n) is 12.5. The first kappa shape index (κ1) is 15.6. The van der Waals surface area contributed by atoms with E-state index in [2.05, 4.69) is 43.8 Å². The minimum atomic E-state index is -0.185. The molecule has 1 saturated heterocycles. The van der Waals surface area contributed by atoms with Crippen LogP contribution in [0.15, 0.2) is 47.2 Å². The van der Waals surface area contributed by atoms with Gasteiger partial charge in [0.15, 0.2) is 0 Å². The van der Waals surface area contributed by atoms with Crippen LogP contribution in [0.4, 0.5) is 4.39 Å². The maximum atomic E-state index is 13.2. The standard InChI is InChI=1S/C17H19BrFN3/c1-21-6-7-22(11-13-8-15(18)10-20-9-13)17(12-21)14-2-4-16(19)5-3-14/h2-5,8-10,17H,6-7,11-12H2,1H3/t17-/m1/s1. The molecule has 5 heteroatoms. The van der Waals surface area contributed by atoms with Crippen molar-refractivity contribution in [3.8, 4) is 0 Å². The van der Waals surface area contributed by atoms with E-state index < -0.39 is 0 Å². The molecule has 1 fully saturated rings. The van der Waals surface area contributed by atoms with E-state index in [9.17, 15) is 4.39 Å². The molecular weight excluding hydrogens is 345 g/mol. The summed E-state index contributed by atoms with van der Waals surface area (Å²) in [5.41, 5.74) is 2.35. The molecule has 3 rings (SSSR count). The molecule has 0 radical (unpaired) electrons. The molecule has 1 atom stereocenters. The molecule has 1 aliphatic heterocycles. The number of pyridine rings is 1. The molecule has 1 aromatic heterocycles. The number of hydrogen-bond acceptors (Lipinski definition) is 3. The lowest BCUT2D eigenvalue weighted by atomic mass is 10.0. The van der Waals surface area contributed by atoms with Gasteiger partial charge >= 0.3 is 0 Å². The molecule has 2 aromatic rings. The van der Waals surface area contributed by atoms with Gasteiger partial charge in [-0.15, -0.1) is 0 Å². The Bertz CT molecular complexity index is 632. The van der Waals surface area contributed by atoms with Crippen LogP contribution in [0, 0.1) is 5.82 Å². The molecule has 0 bridgehead atoms. The van der Waals surface area contributed by atoms with E-state index >= 15 is 0 Å². The maximum absolute atomic E-state index is 13.2. The Hall–Kier alpha value is -1.30. The van der Waals surface area contributed by atoms with Gasteiger partial charge < -0.3 is 4.90 Å². The summed E-state index contributed by atoms with van der Waals surface area (Å²) in [4.78, 5) is 9.00. The highest BCUT2D eigenvalue weighted by Crippen LogP contribution is 2.27. The van der Waals surface area contributed by atoms with Crippen molar-refractivity contribution in [3.63, 3.8) is 0 Å². The van der Waals surface area contributed by atoms with Crippen molar-refractivity contribution in [1.82, 2.24) is 14.8 Å². The molecule has 0 saturated carbocycles. The Kier molecular flexibility index (Phi) is 4.86. The fraction of sp³-hybridized carbons (Fsp3) is 0.353. The van der Waals surface area contributed by atoms with Crippen molar-refractivity contribution in [2.24, 2.45) is 0 Å². The molecule has 0 aliphatic carbocycles. The number of likely N-dealkylation sites (N-methyl/N-ethyl adjacent to an activating group) is 1. The van der Waals surface area contributed by atoms with Gasteiger partial charge in [-0.1, -0.05) is 12.1 Å². The average Bonchev–Trinajstić information content (AvgIpc) is 2.50. The molecule has 2 heterocycles. The SMILES string of the molecule is CN1CCN(Cc2cncc(Br)c2)[C@@H](c2ccc(F)cc2)C1. The number of benzene rings is 1. The minimum Gasteiger partial charge on any atom is -0.303 e. The van der Waals surface area contributed by atoms with E-state index in [0.29, 0.717) is 0 Å². The third-order valence-corrected chi connectivity index (χ3v) is 4.53. The van der Waals surface area contributed by atoms with E-state index in [1.54, 1.807) is 18.3 Å². The van der Waals surface area contributed by atoms with E-state index in [4.69, 9.17) is 0 Å². The topological polar surface area (TPSA) is 19.4 Å². The van der Waals surface area contributed by atoms with Gasteiger partial charge in [0.05, 0.1) is 0 Å². The van der Waals surface area contributed by atoms with Crippen LogP contribution in [0.25, 0.3) is 0 Å². The van der Waals surface area contributed by atoms with Crippen molar-refractivity contribution in [2.75, 3.05) is 26.7 Å². The van der Waals surface area contributed by atoms with Gasteiger partial charge in [0.25, 0.3) is 0 Å². The summed E-state index contributed by atoms with van der Waals surface area (Å²) in [5.74, 6) is -0.185. The zero-order valence-corrected chi connectivity index (χ0v) is 14.1. The van der Waals surface area contributed by atoms with Crippen LogP contribution in [0.2, 0.25) is 0 Å². The molecule has 0 unspecified atom stereocenters. The summed E-state index contributed by atoms with van der Waals surface area (Å²) in [6.07, 6.45) is 3.70. The Labute approximate surface area is 138 Å². The fourth-order valence-corrected chi connectivity index (χ4v) is 3.34. The van der Waals surface area contributed by atoms with Crippen molar-refractivity contribution in [1.29, 1.82) is 0 Å². The number of hydrogen-bond donors (Lipinski definition) is 0. The first-order valence-corrected chi connectivity index (χ1v) is 8.18. The second-order valence-electron chi connectivity index (χ2n) is 5.81. The van der Waals surface area contributed by atoms with Crippen LogP contribution >= 0.6 is 15.9 Å². The number of halogens is 2. The van der Waals surface area contributed by atoms with Gasteiger partial charge in [-0.05, 0) is 52.3 Å². The summed E-state index contributed by atoms with van der Waals surface area (Å²) in [7, 11) is 2.13.